The highest BCUT2D eigenvalue weighted by Crippen LogP contribution is 2.25. The highest BCUT2D eigenvalue weighted by molar-refractivity contribution is 5.85. The van der Waals surface area contributed by atoms with E-state index in [9.17, 15) is 4.79 Å². The summed E-state index contributed by atoms with van der Waals surface area (Å²) in [7, 11) is 1.68. The molecule has 1 aromatic carbocycles. The third-order valence-corrected chi connectivity index (χ3v) is 4.33. The van der Waals surface area contributed by atoms with Gasteiger partial charge in [0.25, 0.3) is 0 Å². The lowest BCUT2D eigenvalue weighted by Gasteiger charge is -2.35. The van der Waals surface area contributed by atoms with Crippen molar-refractivity contribution in [1.29, 1.82) is 0 Å². The van der Waals surface area contributed by atoms with Crippen LogP contribution < -0.4 is 10.1 Å². The van der Waals surface area contributed by atoms with Crippen molar-refractivity contribution in [1.82, 2.24) is 10.2 Å². The molecule has 1 aromatic rings. The molecule has 0 bridgehead atoms. The molecule has 1 heterocycles. The summed E-state index contributed by atoms with van der Waals surface area (Å²) in [6, 6.07) is 8.46. The Morgan fingerprint density at radius 1 is 1.17 bits per heavy atom. The highest BCUT2D eigenvalue weighted by atomic mass is 35.5. The minimum absolute atomic E-state index is 0. The summed E-state index contributed by atoms with van der Waals surface area (Å²) in [6.45, 7) is 6.74. The van der Waals surface area contributed by atoms with E-state index in [1.807, 2.05) is 26.0 Å². The van der Waals surface area contributed by atoms with Crippen molar-refractivity contribution in [2.75, 3.05) is 26.7 Å². The molecule has 2 rings (SSSR count). The Balaban J connectivity index is 0.00000264. The van der Waals surface area contributed by atoms with Crippen molar-refractivity contribution >= 4 is 18.3 Å². The zero-order valence-electron chi connectivity index (χ0n) is 14.4. The summed E-state index contributed by atoms with van der Waals surface area (Å²) < 4.78 is 5.24. The predicted molar refractivity (Wildman–Crippen MR) is 96.3 cm³/mol. The quantitative estimate of drug-likeness (QED) is 0.862. The maximum atomic E-state index is 11.9. The standard InChI is InChI=1S/C18H28N2O2.ClH/c1-14(2)18(21)19-13-17(20-11-5-4-6-12-20)15-7-9-16(22-3)10-8-15;/h7-10,14,17H,4-6,11-13H2,1-3H3,(H,19,21);1H. The predicted octanol–water partition coefficient (Wildman–Crippen LogP) is 3.42. The molecule has 0 spiro atoms. The largest absolute Gasteiger partial charge is 0.497 e. The average molecular weight is 341 g/mol. The molecule has 0 radical (unpaired) electrons. The lowest BCUT2D eigenvalue weighted by atomic mass is 10.0. The molecule has 23 heavy (non-hydrogen) atoms. The number of likely N-dealkylation sites (tertiary alicyclic amines) is 1. The number of hydrogen-bond acceptors (Lipinski definition) is 3. The topological polar surface area (TPSA) is 41.6 Å². The van der Waals surface area contributed by atoms with Gasteiger partial charge in [-0.15, -0.1) is 12.4 Å². The molecule has 1 atom stereocenters. The summed E-state index contributed by atoms with van der Waals surface area (Å²) in [5.41, 5.74) is 1.24. The van der Waals surface area contributed by atoms with E-state index in [1.165, 1.54) is 24.8 Å². The number of nitrogens with one attached hydrogen (secondary N) is 1. The van der Waals surface area contributed by atoms with Crippen LogP contribution in [0.4, 0.5) is 0 Å². The molecule has 130 valence electrons. The Labute approximate surface area is 146 Å². The van der Waals surface area contributed by atoms with E-state index in [0.717, 1.165) is 18.8 Å². The maximum absolute atomic E-state index is 11.9. The molecule has 5 heteroatoms. The lowest BCUT2D eigenvalue weighted by Crippen LogP contribution is -2.41. The molecule has 0 aliphatic carbocycles. The Morgan fingerprint density at radius 2 is 1.78 bits per heavy atom. The smallest absolute Gasteiger partial charge is 0.222 e. The van der Waals surface area contributed by atoms with Gasteiger partial charge in [0.05, 0.1) is 13.2 Å². The molecule has 0 aromatic heterocycles. The molecule has 1 amide bonds. The number of carbonyl (C=O) groups is 1. The van der Waals surface area contributed by atoms with Crippen LogP contribution in [0, 0.1) is 5.92 Å². The van der Waals surface area contributed by atoms with Gasteiger partial charge in [-0.2, -0.15) is 0 Å². The summed E-state index contributed by atoms with van der Waals surface area (Å²) in [5.74, 6) is 1.01. The molecular formula is C18H29ClN2O2. The molecule has 1 fully saturated rings. The van der Waals surface area contributed by atoms with Gasteiger partial charge in [-0.3, -0.25) is 9.69 Å². The van der Waals surface area contributed by atoms with E-state index >= 15 is 0 Å². The molecule has 1 aliphatic heterocycles. The fourth-order valence-corrected chi connectivity index (χ4v) is 2.92. The molecule has 1 unspecified atom stereocenters. The zero-order chi connectivity index (χ0) is 15.9. The number of benzene rings is 1. The van der Waals surface area contributed by atoms with Crippen LogP contribution in [-0.2, 0) is 4.79 Å². The first-order valence-electron chi connectivity index (χ1n) is 8.27. The van der Waals surface area contributed by atoms with E-state index in [0.29, 0.717) is 6.54 Å². The van der Waals surface area contributed by atoms with Gasteiger partial charge >= 0.3 is 0 Å². The summed E-state index contributed by atoms with van der Waals surface area (Å²) in [4.78, 5) is 14.4. The number of piperidine rings is 1. The van der Waals surface area contributed by atoms with Crippen LogP contribution in [0.25, 0.3) is 0 Å². The first-order valence-corrected chi connectivity index (χ1v) is 8.27. The maximum Gasteiger partial charge on any atom is 0.222 e. The van der Waals surface area contributed by atoms with Crippen LogP contribution in [0.3, 0.4) is 0 Å². The third kappa shape index (κ3) is 5.70. The van der Waals surface area contributed by atoms with E-state index in [1.54, 1.807) is 7.11 Å². The van der Waals surface area contributed by atoms with Crippen LogP contribution >= 0.6 is 12.4 Å². The van der Waals surface area contributed by atoms with Crippen LogP contribution in [0.2, 0.25) is 0 Å². The third-order valence-electron chi connectivity index (χ3n) is 4.33. The molecular weight excluding hydrogens is 312 g/mol. The summed E-state index contributed by atoms with van der Waals surface area (Å²) >= 11 is 0. The summed E-state index contributed by atoms with van der Waals surface area (Å²) in [6.07, 6.45) is 3.79. The van der Waals surface area contributed by atoms with Crippen LogP contribution in [0.5, 0.6) is 5.75 Å². The van der Waals surface area contributed by atoms with E-state index < -0.39 is 0 Å². The van der Waals surface area contributed by atoms with E-state index in [-0.39, 0.29) is 30.3 Å². The molecule has 0 saturated carbocycles. The van der Waals surface area contributed by atoms with Gasteiger partial charge in [0, 0.05) is 12.5 Å². The van der Waals surface area contributed by atoms with Crippen molar-refractivity contribution in [2.24, 2.45) is 5.92 Å². The van der Waals surface area contributed by atoms with Gasteiger partial charge in [0.1, 0.15) is 5.75 Å². The first-order chi connectivity index (χ1) is 10.6. The summed E-state index contributed by atoms with van der Waals surface area (Å²) in [5, 5.41) is 3.09. The minimum Gasteiger partial charge on any atom is -0.497 e. The second-order valence-corrected chi connectivity index (χ2v) is 6.29. The average Bonchev–Trinajstić information content (AvgIpc) is 2.56. The Hall–Kier alpha value is -1.26. The number of hydrogen-bond donors (Lipinski definition) is 1. The molecule has 1 N–H and O–H groups in total. The highest BCUT2D eigenvalue weighted by Gasteiger charge is 2.23. The number of rotatable bonds is 6. The number of halogens is 1. The normalized spacial score (nSPS) is 16.5. The number of carbonyl (C=O) groups excluding carboxylic acids is 1. The van der Waals surface area contributed by atoms with Gasteiger partial charge < -0.3 is 10.1 Å². The monoisotopic (exact) mass is 340 g/mol. The van der Waals surface area contributed by atoms with E-state index in [2.05, 4.69) is 22.3 Å². The van der Waals surface area contributed by atoms with E-state index in [4.69, 9.17) is 4.74 Å². The van der Waals surface area contributed by atoms with Gasteiger partial charge in [0.2, 0.25) is 5.91 Å². The number of ether oxygens (including phenoxy) is 1. The Morgan fingerprint density at radius 3 is 2.30 bits per heavy atom. The minimum atomic E-state index is 0. The zero-order valence-corrected chi connectivity index (χ0v) is 15.2. The molecule has 1 saturated heterocycles. The van der Waals surface area contributed by atoms with Gasteiger partial charge in [-0.05, 0) is 43.6 Å². The van der Waals surface area contributed by atoms with Crippen molar-refractivity contribution in [3.8, 4) is 5.75 Å². The lowest BCUT2D eigenvalue weighted by molar-refractivity contribution is -0.124. The number of methoxy groups -OCH3 is 1. The van der Waals surface area contributed by atoms with Gasteiger partial charge in [-0.25, -0.2) is 0 Å². The Kier molecular flexibility index (Phi) is 8.42. The number of amides is 1. The second-order valence-electron chi connectivity index (χ2n) is 6.29. The van der Waals surface area contributed by atoms with Crippen molar-refractivity contribution < 1.29 is 9.53 Å². The first kappa shape index (κ1) is 19.8. The van der Waals surface area contributed by atoms with Crippen LogP contribution in [-0.4, -0.2) is 37.6 Å². The fourth-order valence-electron chi connectivity index (χ4n) is 2.92. The van der Waals surface area contributed by atoms with Crippen molar-refractivity contribution in [3.63, 3.8) is 0 Å². The van der Waals surface area contributed by atoms with Crippen LogP contribution in [0.1, 0.15) is 44.7 Å². The molecule has 4 nitrogen and oxygen atoms in total. The van der Waals surface area contributed by atoms with Gasteiger partial charge in [-0.1, -0.05) is 32.4 Å². The Bertz CT molecular complexity index is 470. The van der Waals surface area contributed by atoms with Crippen molar-refractivity contribution in [2.45, 2.75) is 39.2 Å². The van der Waals surface area contributed by atoms with Crippen LogP contribution in [0.15, 0.2) is 24.3 Å². The second kappa shape index (κ2) is 9.78. The fraction of sp³-hybridized carbons (Fsp3) is 0.611. The number of nitrogens with zero attached hydrogens (tertiary/aromatic N) is 1. The SMILES string of the molecule is COc1ccc(C(CNC(=O)C(C)C)N2CCCCC2)cc1.Cl. The van der Waals surface area contributed by atoms with Gasteiger partial charge in [0.15, 0.2) is 0 Å². The molecule has 1 aliphatic rings. The van der Waals surface area contributed by atoms with Crippen molar-refractivity contribution in [3.05, 3.63) is 29.8 Å².